The topological polar surface area (TPSA) is 54.1 Å². The lowest BCUT2D eigenvalue weighted by Gasteiger charge is -2.34. The van der Waals surface area contributed by atoms with Crippen molar-refractivity contribution in [2.75, 3.05) is 38.1 Å². The molecule has 0 saturated carbocycles. The molecule has 2 rings (SSSR count). The van der Waals surface area contributed by atoms with Crippen molar-refractivity contribution in [2.45, 2.75) is 0 Å². The first-order chi connectivity index (χ1) is 9.22. The third kappa shape index (κ3) is 3.34. The number of benzene rings is 1. The van der Waals surface area contributed by atoms with Gasteiger partial charge in [0.25, 0.3) is 0 Å². The summed E-state index contributed by atoms with van der Waals surface area (Å²) in [5.41, 5.74) is 2.21. The van der Waals surface area contributed by atoms with E-state index in [-0.39, 0.29) is 5.57 Å². The summed E-state index contributed by atoms with van der Waals surface area (Å²) in [5, 5.41) is 17.4. The summed E-state index contributed by atoms with van der Waals surface area (Å²) >= 11 is 0. The second-order valence-electron chi connectivity index (χ2n) is 4.66. The third-order valence-electron chi connectivity index (χ3n) is 3.31. The van der Waals surface area contributed by atoms with Gasteiger partial charge in [-0.3, -0.25) is 0 Å². The van der Waals surface area contributed by atoms with Crippen molar-refractivity contribution < 1.29 is 0 Å². The standard InChI is InChI=1S/C15H16N4/c1-18-6-8-19(9-7-18)15-4-2-13(3-5-15)10-14(11-16)12-17/h2-5,10H,6-9H2,1H3. The van der Waals surface area contributed by atoms with Crippen LogP contribution in [0.4, 0.5) is 5.69 Å². The Balaban J connectivity index is 2.09. The number of allylic oxidation sites excluding steroid dienone is 1. The fraction of sp³-hybridized carbons (Fsp3) is 0.333. The smallest absolute Gasteiger partial charge is 0.130 e. The van der Waals surface area contributed by atoms with E-state index >= 15 is 0 Å². The van der Waals surface area contributed by atoms with Gasteiger partial charge in [0.1, 0.15) is 17.7 Å². The lowest BCUT2D eigenvalue weighted by atomic mass is 10.1. The molecule has 0 spiro atoms. The van der Waals surface area contributed by atoms with Gasteiger partial charge in [0, 0.05) is 31.9 Å². The lowest BCUT2D eigenvalue weighted by molar-refractivity contribution is 0.313. The number of rotatable bonds is 2. The quantitative estimate of drug-likeness (QED) is 0.754. The highest BCUT2D eigenvalue weighted by Gasteiger charge is 2.13. The van der Waals surface area contributed by atoms with E-state index in [1.165, 1.54) is 5.69 Å². The second-order valence-corrected chi connectivity index (χ2v) is 4.66. The molecule has 1 aliphatic rings. The summed E-state index contributed by atoms with van der Waals surface area (Å²) < 4.78 is 0. The monoisotopic (exact) mass is 252 g/mol. The molecule has 1 heterocycles. The van der Waals surface area contributed by atoms with Gasteiger partial charge >= 0.3 is 0 Å². The van der Waals surface area contributed by atoms with Gasteiger partial charge in [-0.1, -0.05) is 12.1 Å². The molecule has 0 amide bonds. The summed E-state index contributed by atoms with van der Waals surface area (Å²) in [5.74, 6) is 0. The van der Waals surface area contributed by atoms with Crippen LogP contribution in [0.3, 0.4) is 0 Å². The normalized spacial score (nSPS) is 15.4. The maximum Gasteiger partial charge on any atom is 0.130 e. The minimum Gasteiger partial charge on any atom is -0.369 e. The highest BCUT2D eigenvalue weighted by molar-refractivity contribution is 5.64. The Bertz CT molecular complexity index is 521. The molecule has 4 nitrogen and oxygen atoms in total. The number of nitriles is 2. The SMILES string of the molecule is CN1CCN(c2ccc(C=C(C#N)C#N)cc2)CC1. The highest BCUT2D eigenvalue weighted by Crippen LogP contribution is 2.18. The van der Waals surface area contributed by atoms with E-state index in [9.17, 15) is 0 Å². The van der Waals surface area contributed by atoms with Gasteiger partial charge in [-0.05, 0) is 30.8 Å². The largest absolute Gasteiger partial charge is 0.369 e. The minimum atomic E-state index is 0.132. The van der Waals surface area contributed by atoms with Gasteiger partial charge in [-0.2, -0.15) is 10.5 Å². The van der Waals surface area contributed by atoms with Crippen LogP contribution >= 0.6 is 0 Å². The Morgan fingerprint density at radius 3 is 2.16 bits per heavy atom. The summed E-state index contributed by atoms with van der Waals surface area (Å²) in [6.07, 6.45) is 1.60. The zero-order valence-corrected chi connectivity index (χ0v) is 11.0. The van der Waals surface area contributed by atoms with Crippen molar-refractivity contribution in [3.8, 4) is 12.1 Å². The van der Waals surface area contributed by atoms with Crippen LogP contribution in [0.15, 0.2) is 29.8 Å². The van der Waals surface area contributed by atoms with Crippen molar-refractivity contribution >= 4 is 11.8 Å². The van der Waals surface area contributed by atoms with Gasteiger partial charge in [0.05, 0.1) is 0 Å². The van der Waals surface area contributed by atoms with Crippen LogP contribution in [0.2, 0.25) is 0 Å². The van der Waals surface area contributed by atoms with Crippen molar-refractivity contribution in [3.63, 3.8) is 0 Å². The Hall–Kier alpha value is -2.30. The Morgan fingerprint density at radius 1 is 1.05 bits per heavy atom. The zero-order chi connectivity index (χ0) is 13.7. The van der Waals surface area contributed by atoms with E-state index in [4.69, 9.17) is 10.5 Å². The molecule has 0 unspecified atom stereocenters. The average molecular weight is 252 g/mol. The lowest BCUT2D eigenvalue weighted by Crippen LogP contribution is -2.44. The van der Waals surface area contributed by atoms with Gasteiger partial charge in [0.15, 0.2) is 0 Å². The first-order valence-corrected chi connectivity index (χ1v) is 6.28. The number of nitrogens with zero attached hydrogens (tertiary/aromatic N) is 4. The molecule has 0 bridgehead atoms. The number of hydrogen-bond donors (Lipinski definition) is 0. The van der Waals surface area contributed by atoms with E-state index in [2.05, 4.69) is 16.8 Å². The molecule has 0 N–H and O–H groups in total. The van der Waals surface area contributed by atoms with Crippen LogP contribution in [-0.2, 0) is 0 Å². The van der Waals surface area contributed by atoms with Gasteiger partial charge < -0.3 is 9.80 Å². The van der Waals surface area contributed by atoms with Crippen LogP contribution < -0.4 is 4.90 Å². The fourth-order valence-electron chi connectivity index (χ4n) is 2.10. The molecule has 1 fully saturated rings. The Morgan fingerprint density at radius 2 is 1.63 bits per heavy atom. The second kappa shape index (κ2) is 6.04. The van der Waals surface area contributed by atoms with Crippen LogP contribution in [0, 0.1) is 22.7 Å². The zero-order valence-electron chi connectivity index (χ0n) is 11.0. The maximum atomic E-state index is 8.72. The predicted molar refractivity (Wildman–Crippen MR) is 75.4 cm³/mol. The Labute approximate surface area is 113 Å². The maximum absolute atomic E-state index is 8.72. The van der Waals surface area contributed by atoms with Gasteiger partial charge in [-0.25, -0.2) is 0 Å². The molecule has 0 radical (unpaired) electrons. The van der Waals surface area contributed by atoms with Crippen molar-refractivity contribution in [1.82, 2.24) is 4.90 Å². The first-order valence-electron chi connectivity index (χ1n) is 6.28. The predicted octanol–water partition coefficient (Wildman–Crippen LogP) is 1.87. The molecule has 19 heavy (non-hydrogen) atoms. The van der Waals surface area contributed by atoms with E-state index < -0.39 is 0 Å². The third-order valence-corrected chi connectivity index (χ3v) is 3.31. The van der Waals surface area contributed by atoms with Crippen molar-refractivity contribution in [3.05, 3.63) is 35.4 Å². The highest BCUT2D eigenvalue weighted by atomic mass is 15.2. The molecular weight excluding hydrogens is 236 g/mol. The van der Waals surface area contributed by atoms with E-state index in [1.807, 2.05) is 36.4 Å². The van der Waals surface area contributed by atoms with Crippen LogP contribution in [-0.4, -0.2) is 38.1 Å². The molecular formula is C15H16N4. The average Bonchev–Trinajstić information content (AvgIpc) is 2.46. The summed E-state index contributed by atoms with van der Waals surface area (Å²) in [4.78, 5) is 4.67. The molecule has 1 aromatic rings. The van der Waals surface area contributed by atoms with Crippen molar-refractivity contribution in [1.29, 1.82) is 10.5 Å². The van der Waals surface area contributed by atoms with Gasteiger partial charge in [-0.15, -0.1) is 0 Å². The van der Waals surface area contributed by atoms with Crippen molar-refractivity contribution in [2.24, 2.45) is 0 Å². The molecule has 96 valence electrons. The number of piperazine rings is 1. The first kappa shape index (κ1) is 13.1. The molecule has 0 aromatic heterocycles. The van der Waals surface area contributed by atoms with Gasteiger partial charge in [0.2, 0.25) is 0 Å². The molecule has 0 aliphatic carbocycles. The number of anilines is 1. The minimum absolute atomic E-state index is 0.132. The van der Waals surface area contributed by atoms with E-state index in [0.29, 0.717) is 0 Å². The molecule has 4 heteroatoms. The number of likely N-dealkylation sites (N-methyl/N-ethyl adjacent to an activating group) is 1. The molecule has 1 aromatic carbocycles. The number of hydrogen-bond acceptors (Lipinski definition) is 4. The van der Waals surface area contributed by atoms with Crippen LogP contribution in [0.25, 0.3) is 6.08 Å². The molecule has 1 saturated heterocycles. The van der Waals surface area contributed by atoms with Crippen LogP contribution in [0.5, 0.6) is 0 Å². The Kier molecular flexibility index (Phi) is 4.18. The summed E-state index contributed by atoms with van der Waals surface area (Å²) in [6, 6.07) is 11.7. The fourth-order valence-corrected chi connectivity index (χ4v) is 2.10. The summed E-state index contributed by atoms with van der Waals surface area (Å²) in [6.45, 7) is 4.23. The molecule has 0 atom stereocenters. The van der Waals surface area contributed by atoms with Crippen LogP contribution in [0.1, 0.15) is 5.56 Å². The summed E-state index contributed by atoms with van der Waals surface area (Å²) in [7, 11) is 2.14. The molecule has 1 aliphatic heterocycles. The van der Waals surface area contributed by atoms with E-state index in [1.54, 1.807) is 6.08 Å². The van der Waals surface area contributed by atoms with E-state index in [0.717, 1.165) is 31.7 Å².